The zero-order chi connectivity index (χ0) is 14.7. The molecule has 3 rings (SSSR count). The van der Waals surface area contributed by atoms with Gasteiger partial charge >= 0.3 is 5.97 Å². The quantitative estimate of drug-likeness (QED) is 0.916. The molecule has 1 aliphatic rings. The number of carboxylic acids is 1. The second-order valence-corrected chi connectivity index (χ2v) is 5.03. The van der Waals surface area contributed by atoms with E-state index in [-0.39, 0.29) is 6.79 Å². The standard InChI is InChI=1S/C17H16O4/c18-17(19)14(8-6-12-4-2-1-3-5-12)13-7-9-15-16(10-13)21-11-20-15/h1-5,7,9-10,14H,6,8,11H2,(H,18,19). The lowest BCUT2D eigenvalue weighted by Gasteiger charge is -2.13. The van der Waals surface area contributed by atoms with Gasteiger partial charge in [0.25, 0.3) is 0 Å². The number of hydrogen-bond donors (Lipinski definition) is 1. The minimum atomic E-state index is -0.815. The Bertz CT molecular complexity index is 636. The van der Waals surface area contributed by atoms with Crippen molar-refractivity contribution in [2.45, 2.75) is 18.8 Å². The molecule has 2 aromatic rings. The Kier molecular flexibility index (Phi) is 3.77. The third-order valence-corrected chi connectivity index (χ3v) is 3.66. The number of carboxylic acid groups (broad SMARTS) is 1. The van der Waals surface area contributed by atoms with Crippen LogP contribution in [0.25, 0.3) is 0 Å². The zero-order valence-corrected chi connectivity index (χ0v) is 11.5. The predicted octanol–water partition coefficient (Wildman–Crippen LogP) is 3.22. The highest BCUT2D eigenvalue weighted by Crippen LogP contribution is 2.35. The average molecular weight is 284 g/mol. The van der Waals surface area contributed by atoms with E-state index in [0.29, 0.717) is 17.9 Å². The smallest absolute Gasteiger partial charge is 0.310 e. The number of rotatable bonds is 5. The molecule has 1 atom stereocenters. The number of aliphatic carboxylic acids is 1. The molecule has 1 heterocycles. The first-order chi connectivity index (χ1) is 10.2. The molecule has 0 spiro atoms. The van der Waals surface area contributed by atoms with E-state index in [9.17, 15) is 9.90 Å². The van der Waals surface area contributed by atoms with Gasteiger partial charge in [0.2, 0.25) is 6.79 Å². The van der Waals surface area contributed by atoms with Crippen molar-refractivity contribution < 1.29 is 19.4 Å². The fraction of sp³-hybridized carbons (Fsp3) is 0.235. The molecule has 0 amide bonds. The molecule has 0 aromatic heterocycles. The molecule has 4 heteroatoms. The number of fused-ring (bicyclic) bond motifs is 1. The van der Waals surface area contributed by atoms with Crippen molar-refractivity contribution in [3.05, 3.63) is 59.7 Å². The lowest BCUT2D eigenvalue weighted by molar-refractivity contribution is -0.138. The molecule has 1 unspecified atom stereocenters. The zero-order valence-electron chi connectivity index (χ0n) is 11.5. The van der Waals surface area contributed by atoms with Gasteiger partial charge in [0.05, 0.1) is 5.92 Å². The van der Waals surface area contributed by atoms with E-state index in [2.05, 4.69) is 0 Å². The molecule has 0 aliphatic carbocycles. The van der Waals surface area contributed by atoms with Crippen molar-refractivity contribution in [1.29, 1.82) is 0 Å². The summed E-state index contributed by atoms with van der Waals surface area (Å²) in [5, 5.41) is 9.48. The Morgan fingerprint density at radius 2 is 1.86 bits per heavy atom. The highest BCUT2D eigenvalue weighted by Gasteiger charge is 2.23. The normalized spacial score (nSPS) is 13.9. The third kappa shape index (κ3) is 2.99. The molecule has 21 heavy (non-hydrogen) atoms. The fourth-order valence-corrected chi connectivity index (χ4v) is 2.52. The van der Waals surface area contributed by atoms with Crippen LogP contribution in [0.3, 0.4) is 0 Å². The summed E-state index contributed by atoms with van der Waals surface area (Å²) in [5.74, 6) is -0.0612. The molecular formula is C17H16O4. The lowest BCUT2D eigenvalue weighted by Crippen LogP contribution is -2.12. The Hall–Kier alpha value is -2.49. The Morgan fingerprint density at radius 1 is 1.10 bits per heavy atom. The van der Waals surface area contributed by atoms with Crippen LogP contribution in [0.5, 0.6) is 11.5 Å². The van der Waals surface area contributed by atoms with E-state index < -0.39 is 11.9 Å². The van der Waals surface area contributed by atoms with Gasteiger partial charge in [-0.2, -0.15) is 0 Å². The molecular weight excluding hydrogens is 268 g/mol. The van der Waals surface area contributed by atoms with Gasteiger partial charge in [0.1, 0.15) is 0 Å². The number of aryl methyl sites for hydroxylation is 1. The van der Waals surface area contributed by atoms with Crippen molar-refractivity contribution in [3.63, 3.8) is 0 Å². The summed E-state index contributed by atoms with van der Waals surface area (Å²) in [6.45, 7) is 0.195. The first-order valence-electron chi connectivity index (χ1n) is 6.90. The monoisotopic (exact) mass is 284 g/mol. The predicted molar refractivity (Wildman–Crippen MR) is 77.7 cm³/mol. The summed E-state index contributed by atoms with van der Waals surface area (Å²) in [4.78, 5) is 11.5. The molecule has 0 bridgehead atoms. The number of carbonyl (C=O) groups is 1. The van der Waals surface area contributed by atoms with Gasteiger partial charge in [0, 0.05) is 0 Å². The van der Waals surface area contributed by atoms with Crippen LogP contribution in [0.1, 0.15) is 23.5 Å². The minimum Gasteiger partial charge on any atom is -0.481 e. The maximum absolute atomic E-state index is 11.5. The summed E-state index contributed by atoms with van der Waals surface area (Å²) in [6, 6.07) is 15.3. The first-order valence-corrected chi connectivity index (χ1v) is 6.90. The van der Waals surface area contributed by atoms with Gasteiger partial charge < -0.3 is 14.6 Å². The van der Waals surface area contributed by atoms with Crippen LogP contribution >= 0.6 is 0 Å². The van der Waals surface area contributed by atoms with Crippen LogP contribution in [0, 0.1) is 0 Å². The van der Waals surface area contributed by atoms with E-state index >= 15 is 0 Å². The summed E-state index contributed by atoms with van der Waals surface area (Å²) in [7, 11) is 0. The molecule has 0 fully saturated rings. The number of hydrogen-bond acceptors (Lipinski definition) is 3. The van der Waals surface area contributed by atoms with E-state index in [0.717, 1.165) is 17.5 Å². The van der Waals surface area contributed by atoms with Gasteiger partial charge in [0.15, 0.2) is 11.5 Å². The van der Waals surface area contributed by atoms with Crippen LogP contribution in [-0.2, 0) is 11.2 Å². The van der Waals surface area contributed by atoms with E-state index in [1.165, 1.54) is 0 Å². The molecule has 1 N–H and O–H groups in total. The Morgan fingerprint density at radius 3 is 2.62 bits per heavy atom. The summed E-state index contributed by atoms with van der Waals surface area (Å²) in [5.41, 5.74) is 1.90. The molecule has 1 aliphatic heterocycles. The lowest BCUT2D eigenvalue weighted by atomic mass is 9.92. The van der Waals surface area contributed by atoms with Crippen LogP contribution in [-0.4, -0.2) is 17.9 Å². The summed E-state index contributed by atoms with van der Waals surface area (Å²) < 4.78 is 10.6. The van der Waals surface area contributed by atoms with E-state index in [1.54, 1.807) is 18.2 Å². The van der Waals surface area contributed by atoms with Gasteiger partial charge in [-0.25, -0.2) is 0 Å². The second-order valence-electron chi connectivity index (χ2n) is 5.03. The van der Waals surface area contributed by atoms with Crippen molar-refractivity contribution in [1.82, 2.24) is 0 Å². The van der Waals surface area contributed by atoms with E-state index in [4.69, 9.17) is 9.47 Å². The molecule has 108 valence electrons. The second kappa shape index (κ2) is 5.87. The first kappa shape index (κ1) is 13.5. The summed E-state index contributed by atoms with van der Waals surface area (Å²) in [6.07, 6.45) is 1.28. The van der Waals surface area contributed by atoms with Gasteiger partial charge in [-0.05, 0) is 36.1 Å². The van der Waals surface area contributed by atoms with Gasteiger partial charge in [-0.1, -0.05) is 36.4 Å². The van der Waals surface area contributed by atoms with Gasteiger partial charge in [-0.3, -0.25) is 4.79 Å². The van der Waals surface area contributed by atoms with E-state index in [1.807, 2.05) is 30.3 Å². The highest BCUT2D eigenvalue weighted by molar-refractivity contribution is 5.76. The van der Waals surface area contributed by atoms with Crippen LogP contribution < -0.4 is 9.47 Å². The highest BCUT2D eigenvalue weighted by atomic mass is 16.7. The van der Waals surface area contributed by atoms with Crippen molar-refractivity contribution in [2.24, 2.45) is 0 Å². The minimum absolute atomic E-state index is 0.195. The third-order valence-electron chi connectivity index (χ3n) is 3.66. The maximum atomic E-state index is 11.5. The average Bonchev–Trinajstić information content (AvgIpc) is 2.96. The van der Waals surface area contributed by atoms with Crippen molar-refractivity contribution in [3.8, 4) is 11.5 Å². The Balaban J connectivity index is 1.77. The molecule has 0 saturated carbocycles. The van der Waals surface area contributed by atoms with Crippen LogP contribution in [0.2, 0.25) is 0 Å². The van der Waals surface area contributed by atoms with Crippen molar-refractivity contribution >= 4 is 5.97 Å². The molecule has 2 aromatic carbocycles. The van der Waals surface area contributed by atoms with Crippen LogP contribution in [0.4, 0.5) is 0 Å². The SMILES string of the molecule is O=C(O)C(CCc1ccccc1)c1ccc2c(c1)OCO2. The fourth-order valence-electron chi connectivity index (χ4n) is 2.52. The summed E-state index contributed by atoms with van der Waals surface area (Å²) >= 11 is 0. The molecule has 0 saturated heterocycles. The topological polar surface area (TPSA) is 55.8 Å². The largest absolute Gasteiger partial charge is 0.481 e. The van der Waals surface area contributed by atoms with Crippen LogP contribution in [0.15, 0.2) is 48.5 Å². The maximum Gasteiger partial charge on any atom is 0.310 e. The molecule has 0 radical (unpaired) electrons. The van der Waals surface area contributed by atoms with Gasteiger partial charge in [-0.15, -0.1) is 0 Å². The number of ether oxygens (including phenoxy) is 2. The molecule has 4 nitrogen and oxygen atoms in total. The van der Waals surface area contributed by atoms with Crippen molar-refractivity contribution in [2.75, 3.05) is 6.79 Å². The Labute approximate surface area is 122 Å². The number of benzene rings is 2.